The van der Waals surface area contributed by atoms with E-state index in [0.717, 1.165) is 0 Å². The second-order valence-corrected chi connectivity index (χ2v) is 0.346. The standard InChI is InChI=1S/Al.BH3O3.La.Lu.3H/c;2-1(3)4;;;;;/h;2-4H;;;;;. The Bertz CT molecular complexity index is 19.7. The third-order valence-electron chi connectivity index (χ3n) is 0. The molecule has 0 saturated heterocycles. The minimum atomic E-state index is -2.17. The zero-order valence-electron chi connectivity index (χ0n) is 2.75. The Balaban J connectivity index is -0.0000000150. The van der Waals surface area contributed by atoms with Crippen molar-refractivity contribution < 1.29 is 87.5 Å². The fraction of sp³-hybridized carbons (Fsp3) is 0. The van der Waals surface area contributed by atoms with Crippen LogP contribution in [0.2, 0.25) is 0 Å². The van der Waals surface area contributed by atoms with Crippen molar-refractivity contribution in [1.29, 1.82) is 0 Å². The quantitative estimate of drug-likeness (QED) is 0.371. The molecule has 3 nitrogen and oxygen atoms in total. The molecule has 0 spiro atoms. The van der Waals surface area contributed by atoms with Crippen molar-refractivity contribution in [3.63, 3.8) is 0 Å². The van der Waals surface area contributed by atoms with Crippen molar-refractivity contribution in [3.8, 4) is 0 Å². The maximum atomic E-state index is 7.17. The molecule has 48 valence electrons. The molecule has 0 aliphatic carbocycles. The molecule has 2 radical (unpaired) electrons. The monoisotopic (exact) mass is 406 g/mol. The van der Waals surface area contributed by atoms with Gasteiger partial charge in [0.15, 0.2) is 17.4 Å². The number of hydrogen-bond acceptors (Lipinski definition) is 3. The van der Waals surface area contributed by atoms with Gasteiger partial charge in [-0.1, -0.05) is 0 Å². The second kappa shape index (κ2) is 16.0. The zero-order chi connectivity index (χ0) is 3.58. The molecule has 3 N–H and O–H groups in total. The van der Waals surface area contributed by atoms with Gasteiger partial charge in [-0.2, -0.15) is 0 Å². The summed E-state index contributed by atoms with van der Waals surface area (Å²) in [4.78, 5) is 0. The third kappa shape index (κ3) is 50.3. The van der Waals surface area contributed by atoms with Crippen LogP contribution in [0.15, 0.2) is 0 Å². The van der Waals surface area contributed by atoms with Gasteiger partial charge in [0.25, 0.3) is 0 Å². The molecule has 0 unspecified atom stereocenters. The van der Waals surface area contributed by atoms with Gasteiger partial charge in [-0.25, -0.2) is 0 Å². The third-order valence-corrected chi connectivity index (χ3v) is 0. The Morgan fingerprint density at radius 2 is 1.00 bits per heavy atom. The molecular weight excluding hydrogens is 400 g/mol. The van der Waals surface area contributed by atoms with E-state index in [1.807, 2.05) is 0 Å². The van der Waals surface area contributed by atoms with Crippen LogP contribution < -0.4 is 0 Å². The van der Waals surface area contributed by atoms with Crippen LogP contribution in [-0.4, -0.2) is 39.8 Å². The molecule has 0 bridgehead atoms. The van der Waals surface area contributed by atoms with Crippen molar-refractivity contribution in [3.05, 3.63) is 0 Å². The fourth-order valence-corrected chi connectivity index (χ4v) is 0. The van der Waals surface area contributed by atoms with Crippen LogP contribution in [-0.2, 0) is 0 Å². The Labute approximate surface area is 110 Å². The van der Waals surface area contributed by atoms with Crippen molar-refractivity contribution in [1.82, 2.24) is 0 Å². The summed E-state index contributed by atoms with van der Waals surface area (Å²) in [6.07, 6.45) is 0. The molecule has 0 aromatic heterocycles. The van der Waals surface area contributed by atoms with E-state index in [-0.39, 0.29) is 89.8 Å². The van der Waals surface area contributed by atoms with Crippen LogP contribution in [0, 0.1) is 72.5 Å². The van der Waals surface area contributed by atoms with Gasteiger partial charge in [-0.3, -0.25) is 0 Å². The topological polar surface area (TPSA) is 60.7 Å². The fourth-order valence-electron chi connectivity index (χ4n) is 0. The van der Waals surface area contributed by atoms with Gasteiger partial charge in [0.05, 0.1) is 0 Å². The molecule has 7 heteroatoms. The first-order valence-corrected chi connectivity index (χ1v) is 0.775. The van der Waals surface area contributed by atoms with E-state index in [2.05, 4.69) is 0 Å². The van der Waals surface area contributed by atoms with E-state index in [1.54, 1.807) is 0 Å². The van der Waals surface area contributed by atoms with Crippen LogP contribution in [0.5, 0.6) is 0 Å². The Hall–Kier alpha value is 2.91. The van der Waals surface area contributed by atoms with Gasteiger partial charge in [-0.15, -0.1) is 0 Å². The van der Waals surface area contributed by atoms with Crippen molar-refractivity contribution in [2.75, 3.05) is 0 Å². The maximum absolute atomic E-state index is 7.17. The van der Waals surface area contributed by atoms with E-state index < -0.39 is 7.32 Å². The predicted octanol–water partition coefficient (Wildman–Crippen LogP) is -3.24. The van der Waals surface area contributed by atoms with E-state index in [9.17, 15) is 0 Å². The van der Waals surface area contributed by atoms with Crippen molar-refractivity contribution >= 4 is 24.7 Å². The van der Waals surface area contributed by atoms with E-state index in [0.29, 0.717) is 0 Å². The van der Waals surface area contributed by atoms with Crippen LogP contribution in [0.4, 0.5) is 0 Å². The summed E-state index contributed by atoms with van der Waals surface area (Å²) in [7, 11) is -2.17. The van der Waals surface area contributed by atoms with Crippen LogP contribution in [0.1, 0.15) is 0 Å². The molecule has 0 atom stereocenters. The minimum absolute atomic E-state index is 0. The van der Waals surface area contributed by atoms with Gasteiger partial charge in [0.1, 0.15) is 0 Å². The van der Waals surface area contributed by atoms with Crippen LogP contribution >= 0.6 is 0 Å². The molecule has 7 heavy (non-hydrogen) atoms. The summed E-state index contributed by atoms with van der Waals surface area (Å²) < 4.78 is 0. The number of rotatable bonds is 0. The van der Waals surface area contributed by atoms with Gasteiger partial charge < -0.3 is 15.1 Å². The first-order chi connectivity index (χ1) is 1.73. The minimum Gasteiger partial charge on any atom is -0.402 e. The summed E-state index contributed by atoms with van der Waals surface area (Å²) >= 11 is 0. The average Bonchev–Trinajstić information content (AvgIpc) is 0.811. The average molecular weight is 406 g/mol. The first-order valence-electron chi connectivity index (χ1n) is 0.775. The molecule has 0 aliphatic heterocycles. The Morgan fingerprint density at radius 3 is 1.00 bits per heavy atom. The van der Waals surface area contributed by atoms with Crippen molar-refractivity contribution in [2.45, 2.75) is 0 Å². The van der Waals surface area contributed by atoms with Gasteiger partial charge >= 0.3 is 7.32 Å². The molecule has 0 amide bonds. The predicted molar refractivity (Wildman–Crippen MR) is 22.3 cm³/mol. The second-order valence-electron chi connectivity index (χ2n) is 0.346. The van der Waals surface area contributed by atoms with E-state index >= 15 is 0 Å². The first kappa shape index (κ1) is 22.5. The summed E-state index contributed by atoms with van der Waals surface area (Å²) in [6.45, 7) is 0. The zero-order valence-corrected chi connectivity index (χ0v) is 8.04. The molecule has 0 heterocycles. The molecule has 0 rings (SSSR count). The molecule has 0 aromatic rings. The van der Waals surface area contributed by atoms with Crippen LogP contribution in [0.25, 0.3) is 0 Å². The smallest absolute Gasteiger partial charge is 0.402 e. The number of hydrogen-bond donors (Lipinski definition) is 3. The molecule has 0 aromatic carbocycles. The van der Waals surface area contributed by atoms with Gasteiger partial charge in [0, 0.05) is 72.5 Å². The largest absolute Gasteiger partial charge is 0.631 e. The maximum Gasteiger partial charge on any atom is 0.631 e. The van der Waals surface area contributed by atoms with E-state index in [1.165, 1.54) is 0 Å². The molecule has 0 saturated carbocycles. The molecule has 0 fully saturated rings. The van der Waals surface area contributed by atoms with Crippen molar-refractivity contribution in [2.24, 2.45) is 0 Å². The Morgan fingerprint density at radius 1 is 1.00 bits per heavy atom. The van der Waals surface area contributed by atoms with Gasteiger partial charge in [-0.05, 0) is 0 Å². The van der Waals surface area contributed by atoms with Gasteiger partial charge in [0.2, 0.25) is 0 Å². The normalized spacial score (nSPS) is 3.86. The molecule has 0 aliphatic rings. The SMILES string of the molecule is OB(O)O.[AlH3].[La].[Lu]. The summed E-state index contributed by atoms with van der Waals surface area (Å²) in [5, 5.41) is 21.5. The summed E-state index contributed by atoms with van der Waals surface area (Å²) in [6, 6.07) is 0. The summed E-state index contributed by atoms with van der Waals surface area (Å²) in [5.41, 5.74) is 0. The van der Waals surface area contributed by atoms with E-state index in [4.69, 9.17) is 15.1 Å². The summed E-state index contributed by atoms with van der Waals surface area (Å²) in [5.74, 6) is 0. The molecular formula is H6AlBLaLuO3. The Kier molecular flexibility index (Phi) is 51.4. The van der Waals surface area contributed by atoms with Crippen LogP contribution in [0.3, 0.4) is 0 Å².